The van der Waals surface area contributed by atoms with Crippen molar-refractivity contribution >= 4 is 6.47 Å². The van der Waals surface area contributed by atoms with Gasteiger partial charge in [-0.25, -0.2) is 4.79 Å². The summed E-state index contributed by atoms with van der Waals surface area (Å²) < 4.78 is 9.55. The summed E-state index contributed by atoms with van der Waals surface area (Å²) in [7, 11) is 0. The topological polar surface area (TPSA) is 35.5 Å². The summed E-state index contributed by atoms with van der Waals surface area (Å²) >= 11 is 0. The van der Waals surface area contributed by atoms with Gasteiger partial charge in [0.25, 0.3) is 0 Å². The zero-order chi connectivity index (χ0) is 7.82. The van der Waals surface area contributed by atoms with E-state index in [1.807, 2.05) is 13.8 Å². The molecule has 10 heavy (non-hydrogen) atoms. The third-order valence-corrected chi connectivity index (χ3v) is 0.983. The Hall–Kier alpha value is -0.570. The Kier molecular flexibility index (Phi) is 6.18. The fraction of sp³-hybridized carbons (Fsp3) is 0.857. The van der Waals surface area contributed by atoms with Crippen LogP contribution in [0.5, 0.6) is 0 Å². The van der Waals surface area contributed by atoms with Crippen LogP contribution in [-0.4, -0.2) is 25.8 Å². The van der Waals surface area contributed by atoms with Crippen molar-refractivity contribution in [3.8, 4) is 0 Å². The van der Waals surface area contributed by atoms with E-state index in [1.165, 1.54) is 6.47 Å². The minimum atomic E-state index is -0.0126. The molecule has 0 aromatic carbocycles. The van der Waals surface area contributed by atoms with Gasteiger partial charge in [-0.05, 0) is 13.3 Å². The van der Waals surface area contributed by atoms with Crippen LogP contribution in [0.1, 0.15) is 20.3 Å². The molecular formula is C7H13O3. The predicted molar refractivity (Wildman–Crippen MR) is 37.4 cm³/mol. The normalized spacial score (nSPS) is 12.6. The molecule has 1 atom stereocenters. The van der Waals surface area contributed by atoms with Gasteiger partial charge in [0.05, 0.1) is 6.10 Å². The Morgan fingerprint density at radius 2 is 2.30 bits per heavy atom. The molecule has 0 aliphatic carbocycles. The summed E-state index contributed by atoms with van der Waals surface area (Å²) in [5.41, 5.74) is 0. The lowest BCUT2D eigenvalue weighted by Gasteiger charge is -2.09. The van der Waals surface area contributed by atoms with Gasteiger partial charge in [-0.2, -0.15) is 0 Å². The molecule has 1 radical (unpaired) electrons. The molecule has 59 valence electrons. The van der Waals surface area contributed by atoms with E-state index in [9.17, 15) is 4.79 Å². The monoisotopic (exact) mass is 145 g/mol. The molecule has 0 heterocycles. The lowest BCUT2D eigenvalue weighted by molar-refractivity contribution is 0.0284. The SMILES string of the molecule is CCCOC(C)CO[C]=O. The smallest absolute Gasteiger partial charge is 0.417 e. The van der Waals surface area contributed by atoms with E-state index in [1.54, 1.807) is 0 Å². The first-order chi connectivity index (χ1) is 4.81. The van der Waals surface area contributed by atoms with Gasteiger partial charge in [0.1, 0.15) is 6.61 Å². The Balaban J connectivity index is 3.07. The summed E-state index contributed by atoms with van der Waals surface area (Å²) in [6.07, 6.45) is 0.969. The van der Waals surface area contributed by atoms with Crippen LogP contribution in [0.3, 0.4) is 0 Å². The van der Waals surface area contributed by atoms with Gasteiger partial charge in [-0.15, -0.1) is 0 Å². The van der Waals surface area contributed by atoms with E-state index in [4.69, 9.17) is 4.74 Å². The zero-order valence-electron chi connectivity index (χ0n) is 6.42. The molecule has 0 amide bonds. The maximum atomic E-state index is 9.58. The third-order valence-electron chi connectivity index (χ3n) is 0.983. The van der Waals surface area contributed by atoms with Gasteiger partial charge in [0.2, 0.25) is 0 Å². The summed E-state index contributed by atoms with van der Waals surface area (Å²) in [5, 5.41) is 0. The molecule has 0 saturated heterocycles. The summed E-state index contributed by atoms with van der Waals surface area (Å²) in [5.74, 6) is 0. The van der Waals surface area contributed by atoms with Crippen LogP contribution in [0, 0.1) is 0 Å². The second kappa shape index (κ2) is 6.55. The van der Waals surface area contributed by atoms with Crippen molar-refractivity contribution in [3.63, 3.8) is 0 Å². The molecule has 0 aromatic rings. The minimum absolute atomic E-state index is 0.0126. The number of ether oxygens (including phenoxy) is 2. The molecule has 0 aliphatic heterocycles. The van der Waals surface area contributed by atoms with Crippen molar-refractivity contribution in [3.05, 3.63) is 0 Å². The molecule has 1 unspecified atom stereocenters. The van der Waals surface area contributed by atoms with Crippen molar-refractivity contribution in [1.82, 2.24) is 0 Å². The Bertz CT molecular complexity index is 82.9. The highest BCUT2D eigenvalue weighted by atomic mass is 16.6. The first-order valence-electron chi connectivity index (χ1n) is 3.41. The van der Waals surface area contributed by atoms with Crippen molar-refractivity contribution in [1.29, 1.82) is 0 Å². The van der Waals surface area contributed by atoms with E-state index >= 15 is 0 Å². The molecular weight excluding hydrogens is 132 g/mol. The lowest BCUT2D eigenvalue weighted by atomic mass is 10.4. The standard InChI is InChI=1S/C7H13O3/c1-3-4-10-7(2)5-9-6-8/h7H,3-5H2,1-2H3. The van der Waals surface area contributed by atoms with Crippen LogP contribution < -0.4 is 0 Å². The highest BCUT2D eigenvalue weighted by Gasteiger charge is 1.99. The number of rotatable bonds is 6. The highest BCUT2D eigenvalue weighted by molar-refractivity contribution is 5.38. The second-order valence-electron chi connectivity index (χ2n) is 2.08. The Morgan fingerprint density at radius 3 is 2.80 bits per heavy atom. The summed E-state index contributed by atoms with van der Waals surface area (Å²) in [6.45, 7) is 6.23. The minimum Gasteiger partial charge on any atom is -0.455 e. The van der Waals surface area contributed by atoms with Crippen LogP contribution in [-0.2, 0) is 14.3 Å². The van der Waals surface area contributed by atoms with Gasteiger partial charge in [-0.1, -0.05) is 6.92 Å². The van der Waals surface area contributed by atoms with Crippen molar-refractivity contribution in [2.45, 2.75) is 26.4 Å². The average molecular weight is 145 g/mol. The van der Waals surface area contributed by atoms with Gasteiger partial charge >= 0.3 is 6.47 Å². The predicted octanol–water partition coefficient (Wildman–Crippen LogP) is 0.885. The number of hydrogen-bond acceptors (Lipinski definition) is 3. The fourth-order valence-electron chi connectivity index (χ4n) is 0.519. The van der Waals surface area contributed by atoms with Gasteiger partial charge in [-0.3, -0.25) is 0 Å². The molecule has 0 bridgehead atoms. The molecule has 0 aromatic heterocycles. The van der Waals surface area contributed by atoms with Crippen molar-refractivity contribution < 1.29 is 14.3 Å². The van der Waals surface area contributed by atoms with Crippen molar-refractivity contribution in [2.75, 3.05) is 13.2 Å². The van der Waals surface area contributed by atoms with E-state index < -0.39 is 0 Å². The molecule has 0 aliphatic rings. The maximum absolute atomic E-state index is 9.58. The Morgan fingerprint density at radius 1 is 1.60 bits per heavy atom. The summed E-state index contributed by atoms with van der Waals surface area (Å²) in [4.78, 5) is 9.58. The van der Waals surface area contributed by atoms with E-state index in [0.29, 0.717) is 13.2 Å². The fourth-order valence-corrected chi connectivity index (χ4v) is 0.519. The van der Waals surface area contributed by atoms with Crippen LogP contribution in [0.4, 0.5) is 0 Å². The van der Waals surface area contributed by atoms with Gasteiger partial charge in [0, 0.05) is 6.61 Å². The first kappa shape index (κ1) is 9.43. The summed E-state index contributed by atoms with van der Waals surface area (Å²) in [6, 6.07) is 0. The molecule has 0 fully saturated rings. The van der Waals surface area contributed by atoms with Crippen molar-refractivity contribution in [2.24, 2.45) is 0 Å². The Labute approximate surface area is 61.3 Å². The average Bonchev–Trinajstić information content (AvgIpc) is 1.97. The molecule has 0 spiro atoms. The van der Waals surface area contributed by atoms with Gasteiger partial charge < -0.3 is 9.47 Å². The first-order valence-corrected chi connectivity index (χ1v) is 3.41. The number of hydrogen-bond donors (Lipinski definition) is 0. The molecule has 0 saturated carbocycles. The number of carbonyl (C=O) groups excluding carboxylic acids is 1. The third kappa shape index (κ3) is 5.56. The van der Waals surface area contributed by atoms with Crippen LogP contribution >= 0.6 is 0 Å². The second-order valence-corrected chi connectivity index (χ2v) is 2.08. The van der Waals surface area contributed by atoms with E-state index in [0.717, 1.165) is 6.42 Å². The molecule has 0 N–H and O–H groups in total. The highest BCUT2D eigenvalue weighted by Crippen LogP contribution is 1.91. The van der Waals surface area contributed by atoms with Crippen LogP contribution in [0.25, 0.3) is 0 Å². The van der Waals surface area contributed by atoms with Crippen LogP contribution in [0.15, 0.2) is 0 Å². The largest absolute Gasteiger partial charge is 0.455 e. The maximum Gasteiger partial charge on any atom is 0.417 e. The lowest BCUT2D eigenvalue weighted by Crippen LogP contribution is -2.15. The van der Waals surface area contributed by atoms with Gasteiger partial charge in [0.15, 0.2) is 0 Å². The van der Waals surface area contributed by atoms with E-state index in [2.05, 4.69) is 4.74 Å². The quantitative estimate of drug-likeness (QED) is 0.556. The van der Waals surface area contributed by atoms with E-state index in [-0.39, 0.29) is 6.10 Å². The van der Waals surface area contributed by atoms with Crippen LogP contribution in [0.2, 0.25) is 0 Å². The molecule has 3 heteroatoms. The molecule has 0 rings (SSSR count). The molecule has 3 nitrogen and oxygen atoms in total. The zero-order valence-corrected chi connectivity index (χ0v) is 6.42.